The summed E-state index contributed by atoms with van der Waals surface area (Å²) in [5.74, 6) is -3.00. The van der Waals surface area contributed by atoms with Gasteiger partial charge in [0.05, 0.1) is 6.92 Å². The fourth-order valence-electron chi connectivity index (χ4n) is 1.28. The van der Waals surface area contributed by atoms with Gasteiger partial charge in [0.1, 0.15) is 5.75 Å². The Morgan fingerprint density at radius 1 is 0.952 bits per heavy atom. The van der Waals surface area contributed by atoms with E-state index in [9.17, 15) is 9.59 Å². The maximum atomic E-state index is 11.7. The average Bonchev–Trinajstić information content (AvgIpc) is 2.38. The number of esters is 2. The second kappa shape index (κ2) is 6.74. The minimum absolute atomic E-state index is 0.157. The second-order valence-corrected chi connectivity index (χ2v) is 4.62. The second-order valence-electron chi connectivity index (χ2n) is 4.62. The predicted molar refractivity (Wildman–Crippen MR) is 77.3 cm³/mol. The first kappa shape index (κ1) is 16.5. The molecule has 21 heavy (non-hydrogen) atoms. The highest BCUT2D eigenvalue weighted by Crippen LogP contribution is 2.22. The molecule has 0 aromatic heterocycles. The zero-order chi connectivity index (χ0) is 16.0. The molecule has 0 aliphatic heterocycles. The lowest BCUT2D eigenvalue weighted by atomic mass is 10.3. The van der Waals surface area contributed by atoms with E-state index in [-0.39, 0.29) is 11.1 Å². The standard InChI is InChI=1S/C16H18O5/c1-11(2)14(17)20-16(5,21-15(18)12(3)4)19-13-9-7-6-8-10-13/h6-10H,1,3H2,2,4-5H3. The average molecular weight is 290 g/mol. The van der Waals surface area contributed by atoms with Crippen LogP contribution in [0.1, 0.15) is 20.8 Å². The summed E-state index contributed by atoms with van der Waals surface area (Å²) in [6.07, 6.45) is 0. The van der Waals surface area contributed by atoms with Gasteiger partial charge in [0.2, 0.25) is 0 Å². The van der Waals surface area contributed by atoms with Gasteiger partial charge < -0.3 is 14.2 Å². The number of rotatable bonds is 6. The summed E-state index contributed by atoms with van der Waals surface area (Å²) in [7, 11) is 0. The fourth-order valence-corrected chi connectivity index (χ4v) is 1.28. The quantitative estimate of drug-likeness (QED) is 0.458. The first-order valence-electron chi connectivity index (χ1n) is 6.25. The molecule has 0 saturated carbocycles. The topological polar surface area (TPSA) is 61.8 Å². The number of ether oxygens (including phenoxy) is 3. The molecule has 0 atom stereocenters. The van der Waals surface area contributed by atoms with Crippen LogP contribution in [0.25, 0.3) is 0 Å². The summed E-state index contributed by atoms with van der Waals surface area (Å²) < 4.78 is 15.6. The highest BCUT2D eigenvalue weighted by atomic mass is 16.9. The van der Waals surface area contributed by atoms with Crippen LogP contribution in [0, 0.1) is 0 Å². The lowest BCUT2D eigenvalue weighted by molar-refractivity contribution is -0.295. The van der Waals surface area contributed by atoms with Crippen molar-refractivity contribution in [3.63, 3.8) is 0 Å². The van der Waals surface area contributed by atoms with E-state index in [0.717, 1.165) is 0 Å². The molecule has 0 aliphatic rings. The Labute approximate surface area is 123 Å². The third-order valence-electron chi connectivity index (χ3n) is 2.30. The predicted octanol–water partition coefficient (Wildman–Crippen LogP) is 2.98. The van der Waals surface area contributed by atoms with Crippen LogP contribution < -0.4 is 4.74 Å². The molecule has 112 valence electrons. The van der Waals surface area contributed by atoms with Crippen molar-refractivity contribution in [2.75, 3.05) is 0 Å². The summed E-state index contributed by atoms with van der Waals surface area (Å²) >= 11 is 0. The number of carbonyl (C=O) groups is 2. The number of para-hydroxylation sites is 1. The van der Waals surface area contributed by atoms with Gasteiger partial charge in [-0.05, 0) is 26.0 Å². The third kappa shape index (κ3) is 5.14. The SMILES string of the molecule is C=C(C)C(=O)OC(C)(OC(=O)C(=C)C)Oc1ccccc1. The summed E-state index contributed by atoms with van der Waals surface area (Å²) in [5.41, 5.74) is 0.313. The Bertz CT molecular complexity index is 531. The molecule has 1 aromatic carbocycles. The molecular weight excluding hydrogens is 272 g/mol. The molecule has 0 N–H and O–H groups in total. The van der Waals surface area contributed by atoms with Crippen molar-refractivity contribution in [2.45, 2.75) is 26.7 Å². The van der Waals surface area contributed by atoms with E-state index in [1.165, 1.54) is 20.8 Å². The Balaban J connectivity index is 2.97. The van der Waals surface area contributed by atoms with E-state index in [0.29, 0.717) is 5.75 Å². The molecular formula is C16H18O5. The summed E-state index contributed by atoms with van der Waals surface area (Å²) in [6, 6.07) is 8.54. The smallest absolute Gasteiger partial charge is 0.418 e. The summed E-state index contributed by atoms with van der Waals surface area (Å²) in [5, 5.41) is 0. The summed E-state index contributed by atoms with van der Waals surface area (Å²) in [6.45, 7) is 11.2. The highest BCUT2D eigenvalue weighted by molar-refractivity contribution is 5.88. The van der Waals surface area contributed by atoms with Crippen LogP contribution in [0.2, 0.25) is 0 Å². The minimum Gasteiger partial charge on any atom is -0.421 e. The molecule has 0 fully saturated rings. The van der Waals surface area contributed by atoms with E-state index in [4.69, 9.17) is 14.2 Å². The summed E-state index contributed by atoms with van der Waals surface area (Å²) in [4.78, 5) is 23.4. The molecule has 0 aliphatic carbocycles. The minimum atomic E-state index is -1.91. The largest absolute Gasteiger partial charge is 0.421 e. The third-order valence-corrected chi connectivity index (χ3v) is 2.30. The van der Waals surface area contributed by atoms with Crippen molar-refractivity contribution in [1.82, 2.24) is 0 Å². The van der Waals surface area contributed by atoms with Gasteiger partial charge in [0.15, 0.2) is 0 Å². The first-order chi connectivity index (χ1) is 9.73. The number of carbonyl (C=O) groups excluding carboxylic acids is 2. The molecule has 1 aromatic rings. The maximum Gasteiger partial charge on any atom is 0.418 e. The number of hydrogen-bond donors (Lipinski definition) is 0. The highest BCUT2D eigenvalue weighted by Gasteiger charge is 2.36. The molecule has 0 radical (unpaired) electrons. The Kier molecular flexibility index (Phi) is 5.30. The van der Waals surface area contributed by atoms with Crippen LogP contribution in [0.5, 0.6) is 5.75 Å². The van der Waals surface area contributed by atoms with Crippen LogP contribution in [-0.4, -0.2) is 17.9 Å². The maximum absolute atomic E-state index is 11.7. The van der Waals surface area contributed by atoms with Gasteiger partial charge in [-0.25, -0.2) is 9.59 Å². The Hall–Kier alpha value is -2.56. The van der Waals surface area contributed by atoms with Crippen molar-refractivity contribution in [2.24, 2.45) is 0 Å². The normalized spacial score (nSPS) is 10.4. The molecule has 0 bridgehead atoms. The number of benzene rings is 1. The van der Waals surface area contributed by atoms with Gasteiger partial charge >= 0.3 is 17.9 Å². The molecule has 0 saturated heterocycles. The van der Waals surface area contributed by atoms with Crippen molar-refractivity contribution >= 4 is 11.9 Å². The monoisotopic (exact) mass is 290 g/mol. The van der Waals surface area contributed by atoms with Crippen LogP contribution in [0.4, 0.5) is 0 Å². The molecule has 0 heterocycles. The van der Waals surface area contributed by atoms with E-state index < -0.39 is 17.9 Å². The van der Waals surface area contributed by atoms with Crippen LogP contribution in [-0.2, 0) is 19.1 Å². The van der Waals surface area contributed by atoms with E-state index >= 15 is 0 Å². The molecule has 5 heteroatoms. The zero-order valence-electron chi connectivity index (χ0n) is 12.3. The van der Waals surface area contributed by atoms with Gasteiger partial charge in [-0.15, -0.1) is 0 Å². The number of hydrogen-bond acceptors (Lipinski definition) is 5. The van der Waals surface area contributed by atoms with Crippen molar-refractivity contribution in [3.05, 3.63) is 54.6 Å². The molecule has 1 rings (SSSR count). The van der Waals surface area contributed by atoms with Crippen LogP contribution in [0.15, 0.2) is 54.6 Å². The molecule has 5 nitrogen and oxygen atoms in total. The Morgan fingerprint density at radius 3 is 1.76 bits per heavy atom. The fraction of sp³-hybridized carbons (Fsp3) is 0.250. The zero-order valence-corrected chi connectivity index (χ0v) is 12.3. The van der Waals surface area contributed by atoms with E-state index in [2.05, 4.69) is 13.2 Å². The van der Waals surface area contributed by atoms with E-state index in [1.807, 2.05) is 0 Å². The Morgan fingerprint density at radius 2 is 1.38 bits per heavy atom. The molecule has 0 unspecified atom stereocenters. The van der Waals surface area contributed by atoms with Crippen LogP contribution in [0.3, 0.4) is 0 Å². The van der Waals surface area contributed by atoms with Crippen molar-refractivity contribution in [3.8, 4) is 5.75 Å². The molecule has 0 amide bonds. The lowest BCUT2D eigenvalue weighted by Crippen LogP contribution is -2.43. The van der Waals surface area contributed by atoms with E-state index in [1.54, 1.807) is 30.3 Å². The van der Waals surface area contributed by atoms with Gasteiger partial charge in [-0.1, -0.05) is 31.4 Å². The first-order valence-corrected chi connectivity index (χ1v) is 6.25. The van der Waals surface area contributed by atoms with Crippen LogP contribution >= 0.6 is 0 Å². The van der Waals surface area contributed by atoms with Gasteiger partial charge in [0, 0.05) is 11.1 Å². The van der Waals surface area contributed by atoms with Gasteiger partial charge in [-0.2, -0.15) is 0 Å². The van der Waals surface area contributed by atoms with Crippen molar-refractivity contribution < 1.29 is 23.8 Å². The van der Waals surface area contributed by atoms with Gasteiger partial charge in [-0.3, -0.25) is 0 Å². The van der Waals surface area contributed by atoms with Gasteiger partial charge in [0.25, 0.3) is 0 Å². The van der Waals surface area contributed by atoms with Crippen molar-refractivity contribution in [1.29, 1.82) is 0 Å². The lowest BCUT2D eigenvalue weighted by Gasteiger charge is -2.29. The molecule has 0 spiro atoms.